The highest BCUT2D eigenvalue weighted by Crippen LogP contribution is 2.36. The van der Waals surface area contributed by atoms with E-state index in [1.165, 1.54) is 31.2 Å². The van der Waals surface area contributed by atoms with E-state index in [-0.39, 0.29) is 34.3 Å². The number of hydrogen-bond donors (Lipinski definition) is 3. The maximum absolute atomic E-state index is 13.8. The first-order valence-electron chi connectivity index (χ1n) is 10.6. The van der Waals surface area contributed by atoms with Gasteiger partial charge in [-0.2, -0.15) is 18.3 Å². The topological polar surface area (TPSA) is 146 Å². The predicted molar refractivity (Wildman–Crippen MR) is 124 cm³/mol. The van der Waals surface area contributed by atoms with Gasteiger partial charge in [0.1, 0.15) is 11.5 Å². The van der Waals surface area contributed by atoms with Crippen LogP contribution in [0.2, 0.25) is 0 Å². The summed E-state index contributed by atoms with van der Waals surface area (Å²) in [6, 6.07) is 10.3. The van der Waals surface area contributed by atoms with E-state index < -0.39 is 46.8 Å². The monoisotopic (exact) mass is 514 g/mol. The van der Waals surface area contributed by atoms with E-state index in [0.717, 1.165) is 22.9 Å². The normalized spacial score (nSPS) is 11.5. The summed E-state index contributed by atoms with van der Waals surface area (Å²) in [6.45, 7) is 1.15. The fraction of sp³-hybridized carbons (Fsp3) is 0.125. The van der Waals surface area contributed by atoms with Crippen molar-refractivity contribution >= 4 is 34.3 Å². The van der Waals surface area contributed by atoms with Crippen molar-refractivity contribution in [2.45, 2.75) is 19.6 Å². The third-order valence-corrected chi connectivity index (χ3v) is 5.53. The number of nitrogens with zero attached hydrogens (tertiary/aromatic N) is 3. The van der Waals surface area contributed by atoms with Crippen molar-refractivity contribution in [1.29, 1.82) is 0 Å². The van der Waals surface area contributed by atoms with Gasteiger partial charge in [-0.05, 0) is 42.8 Å². The molecule has 9 nitrogen and oxygen atoms in total. The van der Waals surface area contributed by atoms with Crippen LogP contribution in [-0.4, -0.2) is 32.5 Å². The molecule has 4 aromatic rings. The van der Waals surface area contributed by atoms with Crippen LogP contribution in [-0.2, 0) is 12.7 Å². The number of anilines is 1. The van der Waals surface area contributed by atoms with E-state index in [2.05, 4.69) is 15.4 Å². The van der Waals surface area contributed by atoms with Gasteiger partial charge in [0.05, 0.1) is 29.0 Å². The average Bonchev–Trinajstić information content (AvgIpc) is 3.13. The van der Waals surface area contributed by atoms with E-state index in [1.807, 2.05) is 0 Å². The van der Waals surface area contributed by atoms with E-state index in [9.17, 15) is 31.9 Å². The number of halogens is 4. The lowest BCUT2D eigenvalue weighted by molar-refractivity contribution is -0.140. The largest absolute Gasteiger partial charge is 0.437 e. The van der Waals surface area contributed by atoms with Crippen LogP contribution in [0.1, 0.15) is 48.2 Å². The maximum Gasteiger partial charge on any atom is 0.437 e. The van der Waals surface area contributed by atoms with Gasteiger partial charge in [-0.1, -0.05) is 12.1 Å². The number of pyridine rings is 1. The number of nitrogens with two attached hydrogens (primary N) is 2. The highest BCUT2D eigenvalue weighted by Gasteiger charge is 2.39. The molecule has 4 rings (SSSR count). The summed E-state index contributed by atoms with van der Waals surface area (Å²) >= 11 is 0. The summed E-state index contributed by atoms with van der Waals surface area (Å²) in [4.78, 5) is 40.3. The van der Waals surface area contributed by atoms with Crippen LogP contribution >= 0.6 is 0 Å². The molecular formula is C24H18F4N6O3. The standard InChI is InChI=1S/C24H18F4N6O3/c1-11-19(20(24(26,27)28)33-34(11)10-12-3-2-4-13(7-12)21(29)35)32-23(37)18-9-16(22(30)36)15-6-5-14(25)8-17(15)31-18/h2-9H,10H2,1H3,(H2,29,35)(H2,30,36)(H,32,37). The summed E-state index contributed by atoms with van der Waals surface area (Å²) in [5.74, 6) is -3.45. The number of carbonyl (C=O) groups is 3. The highest BCUT2D eigenvalue weighted by atomic mass is 19.4. The molecule has 13 heteroatoms. The lowest BCUT2D eigenvalue weighted by Crippen LogP contribution is -2.19. The minimum atomic E-state index is -4.94. The highest BCUT2D eigenvalue weighted by molar-refractivity contribution is 6.10. The van der Waals surface area contributed by atoms with Crippen molar-refractivity contribution in [3.05, 3.63) is 88.1 Å². The number of primary amides is 2. The Kier molecular flexibility index (Phi) is 6.38. The average molecular weight is 514 g/mol. The molecule has 0 aliphatic rings. The summed E-state index contributed by atoms with van der Waals surface area (Å²) in [7, 11) is 0. The van der Waals surface area contributed by atoms with Gasteiger partial charge in [-0.25, -0.2) is 9.37 Å². The molecule has 0 saturated carbocycles. The van der Waals surface area contributed by atoms with Crippen LogP contribution in [0.15, 0.2) is 48.5 Å². The summed E-state index contributed by atoms with van der Waals surface area (Å²) in [5, 5.41) is 5.95. The number of benzene rings is 2. The van der Waals surface area contributed by atoms with Gasteiger partial charge in [0.25, 0.3) is 5.91 Å². The molecule has 0 fully saturated rings. The van der Waals surface area contributed by atoms with Crippen LogP contribution in [0.3, 0.4) is 0 Å². The second-order valence-electron chi connectivity index (χ2n) is 8.06. The number of alkyl halides is 3. The number of hydrogen-bond acceptors (Lipinski definition) is 5. The summed E-state index contributed by atoms with van der Waals surface area (Å²) < 4.78 is 56.2. The Morgan fingerprint density at radius 1 is 1.03 bits per heavy atom. The first-order valence-corrected chi connectivity index (χ1v) is 10.6. The molecule has 2 heterocycles. The van der Waals surface area contributed by atoms with Crippen molar-refractivity contribution in [3.8, 4) is 0 Å². The number of fused-ring (bicyclic) bond motifs is 1. The molecule has 0 spiro atoms. The third-order valence-electron chi connectivity index (χ3n) is 5.53. The molecule has 37 heavy (non-hydrogen) atoms. The first-order chi connectivity index (χ1) is 17.3. The number of carbonyl (C=O) groups excluding carboxylic acids is 3. The molecule has 5 N–H and O–H groups in total. The Morgan fingerprint density at radius 2 is 1.76 bits per heavy atom. The van der Waals surface area contributed by atoms with Crippen molar-refractivity contribution < 1.29 is 31.9 Å². The molecule has 0 bridgehead atoms. The maximum atomic E-state index is 13.8. The van der Waals surface area contributed by atoms with E-state index in [0.29, 0.717) is 5.56 Å². The molecule has 0 aliphatic heterocycles. The summed E-state index contributed by atoms with van der Waals surface area (Å²) in [5.41, 5.74) is 8.48. The Labute approximate surface area is 206 Å². The molecule has 0 saturated heterocycles. The number of aromatic nitrogens is 3. The predicted octanol–water partition coefficient (Wildman–Crippen LogP) is 3.40. The molecule has 2 aromatic heterocycles. The van der Waals surface area contributed by atoms with Gasteiger partial charge in [0.15, 0.2) is 5.69 Å². The molecule has 0 atom stereocenters. The molecule has 0 aliphatic carbocycles. The lowest BCUT2D eigenvalue weighted by Gasteiger charge is -2.11. The smallest absolute Gasteiger partial charge is 0.366 e. The Hall–Kier alpha value is -4.81. The van der Waals surface area contributed by atoms with Crippen LogP contribution in [0, 0.1) is 12.7 Å². The first kappa shape index (κ1) is 25.3. The number of nitrogens with one attached hydrogen (secondary N) is 1. The van der Waals surface area contributed by atoms with Gasteiger partial charge < -0.3 is 16.8 Å². The molecule has 0 unspecified atom stereocenters. The van der Waals surface area contributed by atoms with Crippen LogP contribution < -0.4 is 16.8 Å². The van der Waals surface area contributed by atoms with E-state index >= 15 is 0 Å². The van der Waals surface area contributed by atoms with Crippen molar-refractivity contribution in [3.63, 3.8) is 0 Å². The van der Waals surface area contributed by atoms with Crippen LogP contribution in [0.25, 0.3) is 10.9 Å². The van der Waals surface area contributed by atoms with Crippen LogP contribution in [0.4, 0.5) is 23.2 Å². The number of amides is 3. The lowest BCUT2D eigenvalue weighted by atomic mass is 10.1. The van der Waals surface area contributed by atoms with Gasteiger partial charge in [-0.3, -0.25) is 19.1 Å². The van der Waals surface area contributed by atoms with E-state index in [1.54, 1.807) is 6.07 Å². The van der Waals surface area contributed by atoms with Gasteiger partial charge >= 0.3 is 6.18 Å². The van der Waals surface area contributed by atoms with Crippen molar-refractivity contribution in [1.82, 2.24) is 14.8 Å². The molecule has 190 valence electrons. The third kappa shape index (κ3) is 5.10. The molecule has 2 aromatic carbocycles. The van der Waals surface area contributed by atoms with Gasteiger partial charge in [0.2, 0.25) is 11.8 Å². The zero-order valence-electron chi connectivity index (χ0n) is 19.1. The fourth-order valence-corrected chi connectivity index (χ4v) is 3.74. The van der Waals surface area contributed by atoms with Gasteiger partial charge in [-0.15, -0.1) is 0 Å². The van der Waals surface area contributed by atoms with E-state index in [4.69, 9.17) is 11.5 Å². The second-order valence-corrected chi connectivity index (χ2v) is 8.06. The fourth-order valence-electron chi connectivity index (χ4n) is 3.74. The zero-order chi connectivity index (χ0) is 27.1. The minimum Gasteiger partial charge on any atom is -0.366 e. The Balaban J connectivity index is 1.74. The molecule has 0 radical (unpaired) electrons. The molecule has 3 amide bonds. The Bertz CT molecular complexity index is 1580. The minimum absolute atomic E-state index is 0.0490. The number of rotatable bonds is 6. The van der Waals surface area contributed by atoms with Gasteiger partial charge in [0, 0.05) is 17.0 Å². The SMILES string of the molecule is Cc1c(NC(=O)c2cc(C(N)=O)c3ccc(F)cc3n2)c(C(F)(F)F)nn1Cc1cccc(C(N)=O)c1. The van der Waals surface area contributed by atoms with Crippen molar-refractivity contribution in [2.75, 3.05) is 5.32 Å². The second kappa shape index (κ2) is 9.33. The summed E-state index contributed by atoms with van der Waals surface area (Å²) in [6.07, 6.45) is -4.94. The molecular weight excluding hydrogens is 496 g/mol. The zero-order valence-corrected chi connectivity index (χ0v) is 19.1. The van der Waals surface area contributed by atoms with Crippen molar-refractivity contribution in [2.24, 2.45) is 11.5 Å². The Morgan fingerprint density at radius 3 is 2.41 bits per heavy atom. The quantitative estimate of drug-likeness (QED) is 0.338. The van der Waals surface area contributed by atoms with Crippen LogP contribution in [0.5, 0.6) is 0 Å².